The number of aliphatic carboxylic acids is 1. The first kappa shape index (κ1) is 15.1. The van der Waals surface area contributed by atoms with E-state index in [-0.39, 0.29) is 18.5 Å². The van der Waals surface area contributed by atoms with Crippen molar-refractivity contribution in [3.8, 4) is 0 Å². The topological polar surface area (TPSA) is 78.4 Å². The Balaban J connectivity index is 2.50. The first-order chi connectivity index (χ1) is 8.47. The maximum absolute atomic E-state index is 11.8. The average Bonchev–Trinajstić information content (AvgIpc) is 2.64. The fourth-order valence-electron chi connectivity index (χ4n) is 2.48. The van der Waals surface area contributed by atoms with Crippen LogP contribution in [0.5, 0.6) is 0 Å². The maximum atomic E-state index is 11.8. The van der Waals surface area contributed by atoms with Crippen LogP contribution in [0, 0.1) is 0 Å². The van der Waals surface area contributed by atoms with E-state index in [0.717, 1.165) is 31.4 Å². The highest BCUT2D eigenvalue weighted by Gasteiger charge is 2.37. The Hall–Kier alpha value is -0.910. The Labute approximate surface area is 112 Å². The molecule has 0 aliphatic heterocycles. The summed E-state index contributed by atoms with van der Waals surface area (Å²) in [6.45, 7) is 1.94. The molecule has 0 aromatic rings. The van der Waals surface area contributed by atoms with Crippen molar-refractivity contribution in [2.45, 2.75) is 50.6 Å². The Morgan fingerprint density at radius 2 is 2.00 bits per heavy atom. The van der Waals surface area contributed by atoms with Crippen LogP contribution >= 0.6 is 11.8 Å². The lowest BCUT2D eigenvalue weighted by Crippen LogP contribution is -2.53. The van der Waals surface area contributed by atoms with Crippen LogP contribution in [-0.4, -0.2) is 40.7 Å². The molecule has 1 fully saturated rings. The van der Waals surface area contributed by atoms with Gasteiger partial charge in [0.05, 0.1) is 12.0 Å². The minimum Gasteiger partial charge on any atom is -0.481 e. The summed E-state index contributed by atoms with van der Waals surface area (Å²) in [5.74, 6) is -0.00586. The van der Waals surface area contributed by atoms with Gasteiger partial charge < -0.3 is 15.7 Å². The number of hydrogen-bond donors (Lipinski definition) is 3. The molecule has 0 radical (unpaired) electrons. The molecule has 1 saturated carbocycles. The van der Waals surface area contributed by atoms with E-state index in [2.05, 4.69) is 10.6 Å². The number of thioether (sulfide) groups is 1. The van der Waals surface area contributed by atoms with Gasteiger partial charge in [0.1, 0.15) is 0 Å². The summed E-state index contributed by atoms with van der Waals surface area (Å²) >= 11 is 1.67. The van der Waals surface area contributed by atoms with Crippen LogP contribution in [0.25, 0.3) is 0 Å². The summed E-state index contributed by atoms with van der Waals surface area (Å²) < 4.78 is 0. The van der Waals surface area contributed by atoms with Crippen molar-refractivity contribution in [3.63, 3.8) is 0 Å². The standard InChI is InChI=1S/C12H22N2O3S/c1-9(8-18-2)13-11(17)14-12(7-10(15)16)5-3-4-6-12/h9H,3-8H2,1-2H3,(H,15,16)(H2,13,14,17). The molecule has 0 aromatic heterocycles. The van der Waals surface area contributed by atoms with Gasteiger partial charge in [-0.25, -0.2) is 4.79 Å². The van der Waals surface area contributed by atoms with Gasteiger partial charge in [0, 0.05) is 11.8 Å². The largest absolute Gasteiger partial charge is 0.481 e. The van der Waals surface area contributed by atoms with Gasteiger partial charge in [-0.3, -0.25) is 4.79 Å². The van der Waals surface area contributed by atoms with Gasteiger partial charge >= 0.3 is 12.0 Å². The molecule has 5 nitrogen and oxygen atoms in total. The van der Waals surface area contributed by atoms with Crippen LogP contribution in [-0.2, 0) is 4.79 Å². The molecule has 6 heteroatoms. The zero-order chi connectivity index (χ0) is 13.6. The van der Waals surface area contributed by atoms with Crippen molar-refractivity contribution in [2.75, 3.05) is 12.0 Å². The van der Waals surface area contributed by atoms with Crippen molar-refractivity contribution < 1.29 is 14.7 Å². The lowest BCUT2D eigenvalue weighted by molar-refractivity contribution is -0.138. The Morgan fingerprint density at radius 3 is 2.50 bits per heavy atom. The minimum atomic E-state index is -0.852. The molecule has 1 rings (SSSR count). The molecule has 1 unspecified atom stereocenters. The van der Waals surface area contributed by atoms with E-state index >= 15 is 0 Å². The number of carboxylic acids is 1. The van der Waals surface area contributed by atoms with E-state index in [9.17, 15) is 9.59 Å². The van der Waals surface area contributed by atoms with Gasteiger partial charge in [-0.2, -0.15) is 11.8 Å². The third-order valence-electron chi connectivity index (χ3n) is 3.22. The molecule has 3 N–H and O–H groups in total. The van der Waals surface area contributed by atoms with E-state index in [4.69, 9.17) is 5.11 Å². The van der Waals surface area contributed by atoms with Gasteiger partial charge in [0.2, 0.25) is 0 Å². The fourth-order valence-corrected chi connectivity index (χ4v) is 3.06. The van der Waals surface area contributed by atoms with Crippen molar-refractivity contribution in [2.24, 2.45) is 0 Å². The van der Waals surface area contributed by atoms with Crippen molar-refractivity contribution in [3.05, 3.63) is 0 Å². The third-order valence-corrected chi connectivity index (χ3v) is 4.06. The number of urea groups is 1. The molecular formula is C12H22N2O3S. The summed E-state index contributed by atoms with van der Waals surface area (Å²) in [5, 5.41) is 14.7. The predicted octanol–water partition coefficient (Wildman–Crippen LogP) is 1.82. The Kier molecular flexibility index (Phi) is 5.78. The molecule has 0 spiro atoms. The van der Waals surface area contributed by atoms with Crippen LogP contribution < -0.4 is 10.6 Å². The van der Waals surface area contributed by atoms with Crippen molar-refractivity contribution in [1.82, 2.24) is 10.6 Å². The first-order valence-electron chi connectivity index (χ1n) is 6.27. The van der Waals surface area contributed by atoms with Crippen molar-refractivity contribution in [1.29, 1.82) is 0 Å². The highest BCUT2D eigenvalue weighted by atomic mass is 32.2. The lowest BCUT2D eigenvalue weighted by atomic mass is 9.93. The summed E-state index contributed by atoms with van der Waals surface area (Å²) in [7, 11) is 0. The number of amides is 2. The fraction of sp³-hybridized carbons (Fsp3) is 0.833. The zero-order valence-corrected chi connectivity index (χ0v) is 11.8. The normalized spacial score (nSPS) is 19.2. The molecule has 1 aliphatic rings. The van der Waals surface area contributed by atoms with Crippen LogP contribution in [0.1, 0.15) is 39.0 Å². The van der Waals surface area contributed by atoms with Crippen LogP contribution in [0.3, 0.4) is 0 Å². The molecule has 18 heavy (non-hydrogen) atoms. The smallest absolute Gasteiger partial charge is 0.315 e. The van der Waals surface area contributed by atoms with Gasteiger partial charge in [0.25, 0.3) is 0 Å². The number of nitrogens with one attached hydrogen (secondary N) is 2. The number of carbonyl (C=O) groups excluding carboxylic acids is 1. The number of carbonyl (C=O) groups is 2. The predicted molar refractivity (Wildman–Crippen MR) is 73.0 cm³/mol. The molecule has 104 valence electrons. The third kappa shape index (κ3) is 4.76. The summed E-state index contributed by atoms with van der Waals surface area (Å²) in [6, 6.07) is -0.164. The second kappa shape index (κ2) is 6.87. The summed E-state index contributed by atoms with van der Waals surface area (Å²) in [5.41, 5.74) is -0.547. The van der Waals surface area contributed by atoms with E-state index < -0.39 is 11.5 Å². The van der Waals surface area contributed by atoms with Crippen molar-refractivity contribution >= 4 is 23.8 Å². The SMILES string of the molecule is CSCC(C)NC(=O)NC1(CC(=O)O)CCCC1. The monoisotopic (exact) mass is 274 g/mol. The second-order valence-electron chi connectivity index (χ2n) is 5.01. The average molecular weight is 274 g/mol. The molecule has 1 atom stereocenters. The number of hydrogen-bond acceptors (Lipinski definition) is 3. The summed E-state index contributed by atoms with van der Waals surface area (Å²) in [6.07, 6.45) is 5.46. The quantitative estimate of drug-likeness (QED) is 0.690. The number of carboxylic acid groups (broad SMARTS) is 1. The molecule has 0 saturated heterocycles. The number of rotatable bonds is 6. The van der Waals surface area contributed by atoms with E-state index in [1.54, 1.807) is 11.8 Å². The Morgan fingerprint density at radius 1 is 1.39 bits per heavy atom. The van der Waals surface area contributed by atoms with E-state index in [1.807, 2.05) is 13.2 Å². The van der Waals surface area contributed by atoms with Crippen LogP contribution in [0.15, 0.2) is 0 Å². The first-order valence-corrected chi connectivity index (χ1v) is 7.66. The maximum Gasteiger partial charge on any atom is 0.315 e. The lowest BCUT2D eigenvalue weighted by Gasteiger charge is -2.29. The minimum absolute atomic E-state index is 0.0112. The highest BCUT2D eigenvalue weighted by molar-refractivity contribution is 7.98. The van der Waals surface area contributed by atoms with E-state index in [1.165, 1.54) is 0 Å². The molecule has 0 bridgehead atoms. The van der Waals surface area contributed by atoms with Gasteiger partial charge in [-0.1, -0.05) is 12.8 Å². The van der Waals surface area contributed by atoms with Crippen LogP contribution in [0.2, 0.25) is 0 Å². The molecular weight excluding hydrogens is 252 g/mol. The van der Waals surface area contributed by atoms with E-state index in [0.29, 0.717) is 0 Å². The van der Waals surface area contributed by atoms with Crippen LogP contribution in [0.4, 0.5) is 4.79 Å². The van der Waals surface area contributed by atoms with Gasteiger partial charge in [-0.05, 0) is 26.0 Å². The zero-order valence-electron chi connectivity index (χ0n) is 11.0. The highest BCUT2D eigenvalue weighted by Crippen LogP contribution is 2.32. The molecule has 2 amide bonds. The molecule has 0 aromatic carbocycles. The molecule has 0 heterocycles. The van der Waals surface area contributed by atoms with Gasteiger partial charge in [-0.15, -0.1) is 0 Å². The Bertz CT molecular complexity index is 304. The van der Waals surface area contributed by atoms with Gasteiger partial charge in [0.15, 0.2) is 0 Å². The molecule has 1 aliphatic carbocycles. The second-order valence-corrected chi connectivity index (χ2v) is 5.92. The summed E-state index contributed by atoms with van der Waals surface area (Å²) in [4.78, 5) is 22.7.